The second kappa shape index (κ2) is 7.60. The highest BCUT2D eigenvalue weighted by Gasteiger charge is 2.20. The Morgan fingerprint density at radius 2 is 2.04 bits per heavy atom. The molecule has 11 nitrogen and oxygen atoms in total. The predicted molar refractivity (Wildman–Crippen MR) is 96.3 cm³/mol. The highest BCUT2D eigenvalue weighted by Crippen LogP contribution is 2.34. The lowest BCUT2D eigenvalue weighted by atomic mass is 10.2. The smallest absolute Gasteiger partial charge is 0.269 e. The first kappa shape index (κ1) is 17.9. The summed E-state index contributed by atoms with van der Waals surface area (Å²) in [6.07, 6.45) is 1.59. The van der Waals surface area contributed by atoms with Crippen LogP contribution in [0.15, 0.2) is 56.7 Å². The van der Waals surface area contributed by atoms with Crippen LogP contribution in [0.3, 0.4) is 0 Å². The minimum Gasteiger partial charge on any atom is -0.467 e. The quantitative estimate of drug-likeness (QED) is 0.259. The van der Waals surface area contributed by atoms with Crippen LogP contribution in [0.25, 0.3) is 11.5 Å². The molecule has 12 heteroatoms. The third-order valence-electron chi connectivity index (χ3n) is 3.78. The van der Waals surface area contributed by atoms with Gasteiger partial charge in [-0.1, -0.05) is 11.8 Å². The Hall–Kier alpha value is -3.54. The van der Waals surface area contributed by atoms with Crippen LogP contribution in [0, 0.1) is 10.1 Å². The Morgan fingerprint density at radius 3 is 2.75 bits per heavy atom. The molecule has 4 rings (SSSR count). The van der Waals surface area contributed by atoms with Crippen LogP contribution in [-0.2, 0) is 6.54 Å². The van der Waals surface area contributed by atoms with Gasteiger partial charge < -0.3 is 8.83 Å². The molecule has 0 spiro atoms. The van der Waals surface area contributed by atoms with Gasteiger partial charge in [0.2, 0.25) is 16.9 Å². The largest absolute Gasteiger partial charge is 0.467 e. The molecule has 0 aliphatic rings. The Balaban J connectivity index is 1.47. The maximum Gasteiger partial charge on any atom is 0.269 e. The number of non-ortho nitro benzene ring substituents is 1. The van der Waals surface area contributed by atoms with E-state index in [1.165, 1.54) is 23.9 Å². The normalized spacial score (nSPS) is 12.2. The van der Waals surface area contributed by atoms with E-state index in [0.29, 0.717) is 23.2 Å². The molecule has 0 bridgehead atoms. The zero-order chi connectivity index (χ0) is 19.5. The van der Waals surface area contributed by atoms with Gasteiger partial charge in [-0.25, -0.2) is 4.68 Å². The summed E-state index contributed by atoms with van der Waals surface area (Å²) < 4.78 is 12.7. The molecular formula is C16H13N7O4S. The van der Waals surface area contributed by atoms with Crippen LogP contribution in [0.1, 0.15) is 23.8 Å². The number of hydrogen-bond acceptors (Lipinski definition) is 10. The van der Waals surface area contributed by atoms with Crippen molar-refractivity contribution in [3.8, 4) is 11.5 Å². The molecule has 0 fully saturated rings. The molecule has 0 N–H and O–H groups in total. The van der Waals surface area contributed by atoms with E-state index in [-0.39, 0.29) is 16.8 Å². The Kier molecular flexibility index (Phi) is 4.85. The van der Waals surface area contributed by atoms with Crippen molar-refractivity contribution in [2.45, 2.75) is 23.9 Å². The highest BCUT2D eigenvalue weighted by atomic mass is 32.2. The van der Waals surface area contributed by atoms with E-state index < -0.39 is 4.92 Å². The average Bonchev–Trinajstić information content (AvgIpc) is 3.45. The number of benzene rings is 1. The summed E-state index contributed by atoms with van der Waals surface area (Å²) >= 11 is 1.37. The average molecular weight is 399 g/mol. The first-order chi connectivity index (χ1) is 13.6. The van der Waals surface area contributed by atoms with Crippen LogP contribution in [0.4, 0.5) is 5.69 Å². The van der Waals surface area contributed by atoms with E-state index in [0.717, 1.165) is 5.76 Å². The van der Waals surface area contributed by atoms with Gasteiger partial charge in [-0.15, -0.1) is 15.3 Å². The third-order valence-corrected chi connectivity index (χ3v) is 4.84. The highest BCUT2D eigenvalue weighted by molar-refractivity contribution is 7.99. The van der Waals surface area contributed by atoms with Gasteiger partial charge in [0.25, 0.3) is 5.69 Å². The molecule has 0 aliphatic carbocycles. The minimum absolute atomic E-state index is 0.00388. The van der Waals surface area contributed by atoms with Crippen molar-refractivity contribution in [3.63, 3.8) is 0 Å². The summed E-state index contributed by atoms with van der Waals surface area (Å²) in [6, 6.07) is 9.55. The number of nitro benzene ring substituents is 1. The van der Waals surface area contributed by atoms with Crippen LogP contribution in [0.2, 0.25) is 0 Å². The maximum absolute atomic E-state index is 10.7. The lowest BCUT2D eigenvalue weighted by Gasteiger charge is -2.06. The number of rotatable bonds is 7. The van der Waals surface area contributed by atoms with Gasteiger partial charge in [0, 0.05) is 17.7 Å². The molecular weight excluding hydrogens is 386 g/mol. The predicted octanol–water partition coefficient (Wildman–Crippen LogP) is 3.13. The van der Waals surface area contributed by atoms with Crippen LogP contribution >= 0.6 is 11.8 Å². The van der Waals surface area contributed by atoms with Crippen molar-refractivity contribution in [2.24, 2.45) is 0 Å². The number of nitrogens with zero attached hydrogens (tertiary/aromatic N) is 7. The fraction of sp³-hybridized carbons (Fsp3) is 0.188. The van der Waals surface area contributed by atoms with Gasteiger partial charge in [-0.3, -0.25) is 10.1 Å². The minimum atomic E-state index is -0.464. The number of thioether (sulfide) groups is 1. The number of aromatic nitrogens is 6. The number of furan rings is 1. The second-order valence-corrected chi connectivity index (χ2v) is 7.02. The summed E-state index contributed by atoms with van der Waals surface area (Å²) in [5, 5.41) is 30.9. The van der Waals surface area contributed by atoms with Crippen molar-refractivity contribution in [1.29, 1.82) is 0 Å². The fourth-order valence-corrected chi connectivity index (χ4v) is 3.20. The molecule has 0 radical (unpaired) electrons. The maximum atomic E-state index is 10.7. The molecule has 28 heavy (non-hydrogen) atoms. The van der Waals surface area contributed by atoms with Gasteiger partial charge in [0.05, 0.1) is 16.4 Å². The number of nitro groups is 1. The Labute approximate surface area is 161 Å². The molecule has 0 amide bonds. The lowest BCUT2D eigenvalue weighted by molar-refractivity contribution is -0.384. The van der Waals surface area contributed by atoms with E-state index in [4.69, 9.17) is 8.83 Å². The van der Waals surface area contributed by atoms with E-state index >= 15 is 0 Å². The van der Waals surface area contributed by atoms with Gasteiger partial charge in [-0.05, 0) is 41.6 Å². The van der Waals surface area contributed by atoms with E-state index in [1.807, 2.05) is 13.0 Å². The van der Waals surface area contributed by atoms with Crippen LogP contribution in [0.5, 0.6) is 0 Å². The zero-order valence-electron chi connectivity index (χ0n) is 14.5. The standard InChI is InChI=1S/C16H13N7O4S/c1-10(28-16-19-20-21-22(16)9-13-3-2-8-26-13)14-17-18-15(27-14)11-4-6-12(7-5-11)23(24)25/h2-8,10H,9H2,1H3. The Bertz CT molecular complexity index is 1070. The van der Waals surface area contributed by atoms with Gasteiger partial charge in [-0.2, -0.15) is 0 Å². The van der Waals surface area contributed by atoms with Crippen molar-refractivity contribution in [2.75, 3.05) is 0 Å². The molecule has 0 saturated carbocycles. The number of tetrazole rings is 1. The summed E-state index contributed by atoms with van der Waals surface area (Å²) in [6.45, 7) is 2.30. The molecule has 1 aromatic carbocycles. The fourth-order valence-electron chi connectivity index (χ4n) is 2.38. The lowest BCUT2D eigenvalue weighted by Crippen LogP contribution is -2.04. The zero-order valence-corrected chi connectivity index (χ0v) is 15.3. The van der Waals surface area contributed by atoms with Crippen molar-refractivity contribution < 1.29 is 13.8 Å². The summed E-state index contributed by atoms with van der Waals surface area (Å²) in [5.74, 6) is 1.42. The van der Waals surface area contributed by atoms with Gasteiger partial charge in [0.15, 0.2) is 0 Å². The first-order valence-electron chi connectivity index (χ1n) is 8.13. The first-order valence-corrected chi connectivity index (χ1v) is 9.01. The Morgan fingerprint density at radius 1 is 1.21 bits per heavy atom. The van der Waals surface area contributed by atoms with Gasteiger partial charge >= 0.3 is 0 Å². The van der Waals surface area contributed by atoms with E-state index in [2.05, 4.69) is 25.7 Å². The number of hydrogen-bond donors (Lipinski definition) is 0. The molecule has 0 saturated heterocycles. The molecule has 142 valence electrons. The monoisotopic (exact) mass is 399 g/mol. The molecule has 3 heterocycles. The summed E-state index contributed by atoms with van der Waals surface area (Å²) in [4.78, 5) is 10.3. The topological polar surface area (TPSA) is 139 Å². The van der Waals surface area contributed by atoms with Crippen molar-refractivity contribution >= 4 is 17.4 Å². The van der Waals surface area contributed by atoms with E-state index in [1.54, 1.807) is 29.1 Å². The van der Waals surface area contributed by atoms with Crippen LogP contribution in [-0.4, -0.2) is 35.3 Å². The molecule has 3 aromatic heterocycles. The molecule has 0 aliphatic heterocycles. The summed E-state index contributed by atoms with van der Waals surface area (Å²) in [5.41, 5.74) is 0.597. The molecule has 1 atom stereocenters. The van der Waals surface area contributed by atoms with Crippen molar-refractivity contribution in [3.05, 3.63) is 64.4 Å². The SMILES string of the molecule is CC(Sc1nnnn1Cc1ccco1)c1nnc(-c2ccc([N+](=O)[O-])cc2)o1. The molecule has 4 aromatic rings. The molecule has 1 unspecified atom stereocenters. The second-order valence-electron chi connectivity index (χ2n) is 5.71. The van der Waals surface area contributed by atoms with Crippen molar-refractivity contribution in [1.82, 2.24) is 30.4 Å². The summed E-state index contributed by atoms with van der Waals surface area (Å²) in [7, 11) is 0. The van der Waals surface area contributed by atoms with Crippen LogP contribution < -0.4 is 0 Å². The van der Waals surface area contributed by atoms with Gasteiger partial charge in [0.1, 0.15) is 12.3 Å². The van der Waals surface area contributed by atoms with E-state index in [9.17, 15) is 10.1 Å². The third kappa shape index (κ3) is 3.76.